The lowest BCUT2D eigenvalue weighted by Crippen LogP contribution is -2.43. The Bertz CT molecular complexity index is 963. The van der Waals surface area contributed by atoms with Gasteiger partial charge in [0.15, 0.2) is 18.1 Å². The number of fused-ring (bicyclic) bond motifs is 1. The van der Waals surface area contributed by atoms with E-state index < -0.39 is 0 Å². The molecule has 1 saturated heterocycles. The summed E-state index contributed by atoms with van der Waals surface area (Å²) >= 11 is 0. The Morgan fingerprint density at radius 1 is 1.17 bits per heavy atom. The van der Waals surface area contributed by atoms with Gasteiger partial charge in [-0.2, -0.15) is 0 Å². The number of nitrogens with one attached hydrogen (secondary N) is 1. The maximum Gasteiger partial charge on any atom is 0.260 e. The maximum atomic E-state index is 12.5. The summed E-state index contributed by atoms with van der Waals surface area (Å²) < 4.78 is 16.3. The van der Waals surface area contributed by atoms with E-state index in [0.717, 1.165) is 11.3 Å². The van der Waals surface area contributed by atoms with Gasteiger partial charge in [-0.15, -0.1) is 0 Å². The highest BCUT2D eigenvalue weighted by molar-refractivity contribution is 6.20. The molecular weight excluding hydrogens is 372 g/mol. The number of amides is 1. The van der Waals surface area contributed by atoms with Crippen LogP contribution in [0.15, 0.2) is 48.2 Å². The molecule has 2 heterocycles. The molecule has 7 heteroatoms. The summed E-state index contributed by atoms with van der Waals surface area (Å²) in [6.07, 6.45) is 1.77. The monoisotopic (exact) mass is 394 g/mol. The van der Waals surface area contributed by atoms with Crippen LogP contribution in [0.3, 0.4) is 0 Å². The zero-order valence-corrected chi connectivity index (χ0v) is 16.1. The highest BCUT2D eigenvalue weighted by Gasteiger charge is 2.24. The molecule has 1 fully saturated rings. The number of para-hydroxylation sites is 1. The van der Waals surface area contributed by atoms with Crippen LogP contribution in [-0.2, 0) is 9.53 Å². The van der Waals surface area contributed by atoms with Gasteiger partial charge in [-0.25, -0.2) is 0 Å². The smallest absolute Gasteiger partial charge is 0.260 e. The number of rotatable bonds is 5. The molecule has 2 aromatic rings. The molecule has 1 N–H and O–H groups in total. The van der Waals surface area contributed by atoms with Gasteiger partial charge in [0.05, 0.1) is 26.0 Å². The fourth-order valence-electron chi connectivity index (χ4n) is 3.34. The van der Waals surface area contributed by atoms with E-state index in [2.05, 4.69) is 5.32 Å². The fraction of sp³-hybridized carbons (Fsp3) is 0.273. The quantitative estimate of drug-likeness (QED) is 0.786. The molecule has 0 atom stereocenters. The van der Waals surface area contributed by atoms with Crippen molar-refractivity contribution in [1.82, 2.24) is 4.90 Å². The lowest BCUT2D eigenvalue weighted by atomic mass is 10.1. The van der Waals surface area contributed by atoms with Gasteiger partial charge in [0.2, 0.25) is 5.78 Å². The van der Waals surface area contributed by atoms with E-state index in [0.29, 0.717) is 49.1 Å². The lowest BCUT2D eigenvalue weighted by molar-refractivity contribution is -0.137. The number of allylic oxidation sites excluding steroid dienone is 1. The molecule has 2 aliphatic heterocycles. The first-order chi connectivity index (χ1) is 14.2. The SMILES string of the molecule is COc1cc(C=C2Nc3ccccc3C2=O)ccc1OCC(=O)N1CCOCC1. The summed E-state index contributed by atoms with van der Waals surface area (Å²) in [5.41, 5.74) is 2.76. The van der Waals surface area contributed by atoms with Crippen molar-refractivity contribution in [2.45, 2.75) is 0 Å². The first-order valence-electron chi connectivity index (χ1n) is 9.44. The average molecular weight is 394 g/mol. The Morgan fingerprint density at radius 3 is 2.72 bits per heavy atom. The van der Waals surface area contributed by atoms with Gasteiger partial charge in [-0.1, -0.05) is 18.2 Å². The number of hydrogen-bond acceptors (Lipinski definition) is 6. The summed E-state index contributed by atoms with van der Waals surface area (Å²) in [6, 6.07) is 12.7. The first-order valence-corrected chi connectivity index (χ1v) is 9.44. The van der Waals surface area contributed by atoms with Gasteiger partial charge in [-0.05, 0) is 35.9 Å². The van der Waals surface area contributed by atoms with E-state index >= 15 is 0 Å². The molecule has 0 aromatic heterocycles. The molecule has 7 nitrogen and oxygen atoms in total. The summed E-state index contributed by atoms with van der Waals surface area (Å²) in [4.78, 5) is 26.5. The second-order valence-electron chi connectivity index (χ2n) is 6.75. The normalized spacial score (nSPS) is 17.1. The molecule has 1 amide bonds. The van der Waals surface area contributed by atoms with Gasteiger partial charge in [0.25, 0.3) is 5.91 Å². The zero-order chi connectivity index (χ0) is 20.2. The summed E-state index contributed by atoms with van der Waals surface area (Å²) in [5, 5.41) is 3.14. The van der Waals surface area contributed by atoms with Crippen molar-refractivity contribution in [3.05, 3.63) is 59.3 Å². The zero-order valence-electron chi connectivity index (χ0n) is 16.1. The lowest BCUT2D eigenvalue weighted by Gasteiger charge is -2.26. The molecule has 0 aliphatic carbocycles. The van der Waals surface area contributed by atoms with Crippen molar-refractivity contribution in [1.29, 1.82) is 0 Å². The predicted octanol–water partition coefficient (Wildman–Crippen LogP) is 2.58. The second kappa shape index (κ2) is 8.36. The van der Waals surface area contributed by atoms with Gasteiger partial charge in [-0.3, -0.25) is 9.59 Å². The van der Waals surface area contributed by atoms with Crippen molar-refractivity contribution < 1.29 is 23.8 Å². The highest BCUT2D eigenvalue weighted by Crippen LogP contribution is 2.32. The molecule has 2 aliphatic rings. The third-order valence-corrected chi connectivity index (χ3v) is 4.90. The minimum atomic E-state index is -0.0833. The third kappa shape index (κ3) is 4.09. The van der Waals surface area contributed by atoms with Gasteiger partial charge in [0.1, 0.15) is 0 Å². The molecule has 0 unspecified atom stereocenters. The van der Waals surface area contributed by atoms with Crippen molar-refractivity contribution >= 4 is 23.5 Å². The topological polar surface area (TPSA) is 77.1 Å². The molecule has 2 aromatic carbocycles. The van der Waals surface area contributed by atoms with Gasteiger partial charge >= 0.3 is 0 Å². The number of hydrogen-bond donors (Lipinski definition) is 1. The number of ether oxygens (including phenoxy) is 3. The third-order valence-electron chi connectivity index (χ3n) is 4.90. The number of anilines is 1. The number of nitrogens with zero attached hydrogens (tertiary/aromatic N) is 1. The van der Waals surface area contributed by atoms with Crippen LogP contribution >= 0.6 is 0 Å². The molecule has 0 bridgehead atoms. The Morgan fingerprint density at radius 2 is 1.97 bits per heavy atom. The number of Topliss-reactive ketones (excluding diaryl/α,β-unsaturated/α-hetero) is 1. The van der Waals surface area contributed by atoms with Crippen LogP contribution < -0.4 is 14.8 Å². The second-order valence-corrected chi connectivity index (χ2v) is 6.75. The van der Waals surface area contributed by atoms with Crippen LogP contribution in [0.1, 0.15) is 15.9 Å². The largest absolute Gasteiger partial charge is 0.493 e. The Labute approximate surface area is 168 Å². The van der Waals surface area contributed by atoms with Crippen molar-refractivity contribution in [2.24, 2.45) is 0 Å². The van der Waals surface area contributed by atoms with Crippen molar-refractivity contribution in [2.75, 3.05) is 45.3 Å². The Balaban J connectivity index is 1.46. The van der Waals surface area contributed by atoms with E-state index in [9.17, 15) is 9.59 Å². The van der Waals surface area contributed by atoms with Crippen LogP contribution in [0.25, 0.3) is 6.08 Å². The van der Waals surface area contributed by atoms with E-state index in [-0.39, 0.29) is 18.3 Å². The standard InChI is InChI=1S/C22H22N2O5/c1-27-20-13-15(12-18-22(26)16-4-2-3-5-17(16)23-18)6-7-19(20)29-14-21(25)24-8-10-28-11-9-24/h2-7,12-13,23H,8-11,14H2,1H3. The van der Waals surface area contributed by atoms with E-state index in [1.54, 1.807) is 29.2 Å². The number of ketones is 1. The van der Waals surface area contributed by atoms with Crippen LogP contribution in [-0.4, -0.2) is 56.6 Å². The number of carbonyl (C=O) groups excluding carboxylic acids is 2. The molecule has 150 valence electrons. The molecule has 0 radical (unpaired) electrons. The first kappa shape index (κ1) is 19.0. The molecule has 4 rings (SSSR count). The van der Waals surface area contributed by atoms with E-state index in [4.69, 9.17) is 14.2 Å². The molecular formula is C22H22N2O5. The fourth-order valence-corrected chi connectivity index (χ4v) is 3.34. The molecule has 0 spiro atoms. The highest BCUT2D eigenvalue weighted by atomic mass is 16.5. The molecule has 29 heavy (non-hydrogen) atoms. The minimum absolute atomic E-state index is 0.0454. The number of morpholine rings is 1. The van der Waals surface area contributed by atoms with E-state index in [1.807, 2.05) is 24.3 Å². The number of benzene rings is 2. The Kier molecular flexibility index (Phi) is 5.48. The van der Waals surface area contributed by atoms with Crippen molar-refractivity contribution in [3.8, 4) is 11.5 Å². The minimum Gasteiger partial charge on any atom is -0.493 e. The van der Waals surface area contributed by atoms with Crippen molar-refractivity contribution in [3.63, 3.8) is 0 Å². The summed E-state index contributed by atoms with van der Waals surface area (Å²) in [6.45, 7) is 2.20. The van der Waals surface area contributed by atoms with Gasteiger partial charge < -0.3 is 24.4 Å². The molecule has 0 saturated carbocycles. The van der Waals surface area contributed by atoms with E-state index in [1.165, 1.54) is 7.11 Å². The number of carbonyl (C=O) groups is 2. The predicted molar refractivity (Wildman–Crippen MR) is 108 cm³/mol. The van der Waals surface area contributed by atoms with Crippen LogP contribution in [0.5, 0.6) is 11.5 Å². The summed E-state index contributed by atoms with van der Waals surface area (Å²) in [5.74, 6) is 0.846. The average Bonchev–Trinajstić information content (AvgIpc) is 3.08. The van der Waals surface area contributed by atoms with Crippen LogP contribution in [0.2, 0.25) is 0 Å². The Hall–Kier alpha value is -3.32. The number of methoxy groups -OCH3 is 1. The maximum absolute atomic E-state index is 12.5. The summed E-state index contributed by atoms with van der Waals surface area (Å²) in [7, 11) is 1.54. The van der Waals surface area contributed by atoms with Crippen LogP contribution in [0.4, 0.5) is 5.69 Å². The van der Waals surface area contributed by atoms with Gasteiger partial charge in [0, 0.05) is 24.3 Å². The van der Waals surface area contributed by atoms with Crippen LogP contribution in [0, 0.1) is 0 Å².